The number of carbonyl (C=O) groups is 2. The van der Waals surface area contributed by atoms with Crippen LogP contribution in [-0.2, 0) is 4.79 Å². The van der Waals surface area contributed by atoms with Crippen molar-refractivity contribution in [1.82, 2.24) is 8.84 Å². The van der Waals surface area contributed by atoms with Crippen LogP contribution in [0.2, 0.25) is 0 Å². The molecule has 0 bridgehead atoms. The van der Waals surface area contributed by atoms with Gasteiger partial charge in [0.1, 0.15) is 5.54 Å². The Morgan fingerprint density at radius 2 is 1.38 bits per heavy atom. The van der Waals surface area contributed by atoms with Crippen molar-refractivity contribution in [3.05, 3.63) is 0 Å². The first-order valence-electron chi connectivity index (χ1n) is 3.20. The van der Waals surface area contributed by atoms with Crippen LogP contribution in [-0.4, -0.2) is 64.1 Å². The van der Waals surface area contributed by atoms with E-state index >= 15 is 0 Å². The summed E-state index contributed by atoms with van der Waals surface area (Å²) in [5, 5.41) is 0. The molecule has 0 saturated carbocycles. The van der Waals surface area contributed by atoms with Crippen molar-refractivity contribution in [3.8, 4) is 0 Å². The molecule has 1 saturated heterocycles. The summed E-state index contributed by atoms with van der Waals surface area (Å²) in [6.07, 6.45) is 0. The maximum Gasteiger partial charge on any atom is 2.00 e. The van der Waals surface area contributed by atoms with Crippen LogP contribution in [0, 0.1) is 0 Å². The zero-order valence-corrected chi connectivity index (χ0v) is 13.5. The Kier molecular flexibility index (Phi) is 14.4. The first kappa shape index (κ1) is 22.5. The van der Waals surface area contributed by atoms with E-state index in [0.29, 0.717) is 4.42 Å². The van der Waals surface area contributed by atoms with Crippen LogP contribution in [0.4, 0.5) is 4.79 Å². The van der Waals surface area contributed by atoms with Crippen molar-refractivity contribution in [1.29, 1.82) is 0 Å². The van der Waals surface area contributed by atoms with Gasteiger partial charge in [-0.15, -0.1) is 0 Å². The molecule has 0 aliphatic carbocycles. The van der Waals surface area contributed by atoms with E-state index in [1.54, 1.807) is 0 Å². The number of carbonyl (C=O) groups excluding carboxylic acids is 2. The van der Waals surface area contributed by atoms with Crippen LogP contribution in [0.3, 0.4) is 0 Å². The van der Waals surface area contributed by atoms with Crippen LogP contribution in [0.5, 0.6) is 0 Å². The average molecular weight is 340 g/mol. The number of imide groups is 1. The first-order chi connectivity index (χ1) is 6.89. The van der Waals surface area contributed by atoms with Gasteiger partial charge in [0.05, 0.1) is 0 Å². The molecule has 0 atom stereocenters. The van der Waals surface area contributed by atoms with Crippen molar-refractivity contribution < 1.29 is 18.9 Å². The third-order valence-corrected chi connectivity index (χ3v) is 2.39. The van der Waals surface area contributed by atoms with Crippen molar-refractivity contribution in [2.24, 2.45) is 0 Å². The van der Waals surface area contributed by atoms with Gasteiger partial charge in [-0.05, 0) is 13.8 Å². The molecule has 0 aromatic heterocycles. The Labute approximate surface area is 143 Å². The van der Waals surface area contributed by atoms with Crippen molar-refractivity contribution >= 4 is 97.0 Å². The third kappa shape index (κ3) is 4.88. The molecule has 1 aliphatic rings. The molecule has 0 spiro atoms. The van der Waals surface area contributed by atoms with E-state index in [1.165, 1.54) is 13.8 Å². The van der Waals surface area contributed by atoms with Gasteiger partial charge in [0, 0.05) is 23.6 Å². The van der Waals surface area contributed by atoms with E-state index in [0.717, 1.165) is 4.42 Å². The van der Waals surface area contributed by atoms with E-state index in [1.807, 2.05) is 0 Å². The van der Waals surface area contributed by atoms with Gasteiger partial charge < -0.3 is 9.32 Å². The second kappa shape index (κ2) is 10.2. The fourth-order valence-electron chi connectivity index (χ4n) is 0.727. The normalized spacial score (nSPS) is 16.8. The number of hydrogen-bond acceptors (Lipinski definition) is 4. The summed E-state index contributed by atoms with van der Waals surface area (Å²) in [6.45, 7) is 3.03. The summed E-state index contributed by atoms with van der Waals surface area (Å²) in [4.78, 5) is 22.0. The van der Waals surface area contributed by atoms with Crippen LogP contribution in [0.1, 0.15) is 13.8 Å². The SMILES string of the molecule is CC1(C)C(=O)N(Cl)C(=O)N1Cl.[Ca+2].[O-]Cl.[O-]Cl. The molecule has 1 aliphatic heterocycles. The Hall–Kier alpha value is 1.28. The molecule has 1 rings (SSSR count). The predicted molar refractivity (Wildman–Crippen MR) is 57.3 cm³/mol. The van der Waals surface area contributed by atoms with E-state index in [9.17, 15) is 9.59 Å². The maximum atomic E-state index is 11.1. The van der Waals surface area contributed by atoms with Crippen LogP contribution < -0.4 is 9.32 Å². The molecular formula is C5H6CaCl4N2O4. The minimum absolute atomic E-state index is 0. The quantitative estimate of drug-likeness (QED) is 0.352. The largest absolute Gasteiger partial charge is 2.00 e. The second-order valence-corrected chi connectivity index (χ2v) is 3.38. The van der Waals surface area contributed by atoms with Gasteiger partial charge in [-0.1, -0.05) is 0 Å². The van der Waals surface area contributed by atoms with E-state index in [-0.39, 0.29) is 37.7 Å². The summed E-state index contributed by atoms with van der Waals surface area (Å²) in [6, 6.07) is -0.705. The number of nitrogens with zero attached hydrogens (tertiary/aromatic N) is 2. The Morgan fingerprint density at radius 1 is 1.06 bits per heavy atom. The molecule has 0 aromatic rings. The monoisotopic (exact) mass is 338 g/mol. The maximum absolute atomic E-state index is 11.1. The van der Waals surface area contributed by atoms with Crippen molar-refractivity contribution in [2.75, 3.05) is 0 Å². The van der Waals surface area contributed by atoms with E-state index in [2.05, 4.69) is 23.7 Å². The number of hydrogen-bond donors (Lipinski definition) is 0. The molecule has 0 unspecified atom stereocenters. The molecule has 0 aromatic carbocycles. The number of halogens is 4. The average Bonchev–Trinajstić information content (AvgIpc) is 2.40. The smallest absolute Gasteiger partial charge is 0.769 e. The van der Waals surface area contributed by atoms with Gasteiger partial charge in [0.25, 0.3) is 5.91 Å². The van der Waals surface area contributed by atoms with Gasteiger partial charge in [0.15, 0.2) is 0 Å². The molecule has 1 fully saturated rings. The molecule has 6 nitrogen and oxygen atoms in total. The topological polar surface area (TPSA) is 86.7 Å². The second-order valence-electron chi connectivity index (χ2n) is 2.71. The number of rotatable bonds is 0. The summed E-state index contributed by atoms with van der Waals surface area (Å²) < 4.78 is 16.7. The van der Waals surface area contributed by atoms with Crippen molar-refractivity contribution in [3.63, 3.8) is 0 Å². The van der Waals surface area contributed by atoms with Gasteiger partial charge in [-0.2, -0.15) is 4.42 Å². The minimum atomic E-state index is -1.04. The number of urea groups is 1. The summed E-state index contributed by atoms with van der Waals surface area (Å²) >= 11 is 17.6. The van der Waals surface area contributed by atoms with Crippen LogP contribution in [0.15, 0.2) is 0 Å². The zero-order valence-electron chi connectivity index (χ0n) is 8.25. The van der Waals surface area contributed by atoms with Gasteiger partial charge >= 0.3 is 43.8 Å². The van der Waals surface area contributed by atoms with Crippen LogP contribution >= 0.6 is 47.3 Å². The molecule has 0 N–H and O–H groups in total. The summed E-state index contributed by atoms with van der Waals surface area (Å²) in [7, 11) is 0. The molecule has 90 valence electrons. The predicted octanol–water partition coefficient (Wildman–Crippen LogP) is -0.0430. The van der Waals surface area contributed by atoms with Gasteiger partial charge in [0.2, 0.25) is 0 Å². The Bertz CT molecular complexity index is 242. The number of amides is 3. The Morgan fingerprint density at radius 3 is 1.44 bits per heavy atom. The minimum Gasteiger partial charge on any atom is -0.769 e. The molecule has 11 heteroatoms. The first-order valence-corrected chi connectivity index (χ1v) is 4.49. The molecule has 0 radical (unpaired) electrons. The third-order valence-electron chi connectivity index (χ3n) is 1.53. The van der Waals surface area contributed by atoms with Gasteiger partial charge in [-0.25, -0.2) is 32.9 Å². The van der Waals surface area contributed by atoms with E-state index in [4.69, 9.17) is 32.9 Å². The molecule has 16 heavy (non-hydrogen) atoms. The van der Waals surface area contributed by atoms with Crippen molar-refractivity contribution in [2.45, 2.75) is 19.4 Å². The molecule has 1 heterocycles. The summed E-state index contributed by atoms with van der Waals surface area (Å²) in [5.74, 6) is -0.515. The Balaban J connectivity index is -0.000000305. The molecular weight excluding hydrogens is 334 g/mol. The zero-order chi connectivity index (χ0) is 12.8. The summed E-state index contributed by atoms with van der Waals surface area (Å²) in [5.41, 5.74) is -1.04. The fourth-order valence-corrected chi connectivity index (χ4v) is 1.20. The fraction of sp³-hybridized carbons (Fsp3) is 0.600. The van der Waals surface area contributed by atoms with Gasteiger partial charge in [-0.3, -0.25) is 4.79 Å². The van der Waals surface area contributed by atoms with E-state index < -0.39 is 17.5 Å². The van der Waals surface area contributed by atoms with Crippen LogP contribution in [0.25, 0.3) is 0 Å². The molecule has 3 amide bonds. The standard InChI is InChI=1S/C5H6Cl2N2O2.Ca.2ClO/c1-5(2)3(10)8(6)4(11)9(5)7;;2*1-2/h1-2H3;;;/q;+2;2*-1.